The number of anilines is 1. The van der Waals surface area contributed by atoms with E-state index in [1.54, 1.807) is 15.9 Å². The minimum absolute atomic E-state index is 0.122. The zero-order valence-corrected chi connectivity index (χ0v) is 20.6. The lowest BCUT2D eigenvalue weighted by atomic mass is 9.70. The average Bonchev–Trinajstić information content (AvgIpc) is 3.46. The predicted octanol–water partition coefficient (Wildman–Crippen LogP) is 2.83. The van der Waals surface area contributed by atoms with Crippen molar-refractivity contribution in [3.05, 3.63) is 42.0 Å². The first-order valence-electron chi connectivity index (χ1n) is 12.6. The standard InChI is InChI=1S/C27H36N2O6/c1-4-13-28(19-16-17(2)9-10-18(19)3)25(32)23-27-12-11-20(35-27)21(26(33)34)22(27)24(31)29(23)14-7-5-6-8-15-30/h4,9-10,16,20-23,30H,1,5-8,11-15H2,2-3H3,(H,33,34)/t20-,21+,22+,23-,27+/m0/s1. The number of aryl methyl sites for hydroxylation is 2. The van der Waals surface area contributed by atoms with Gasteiger partial charge in [0.2, 0.25) is 5.91 Å². The predicted molar refractivity (Wildman–Crippen MR) is 131 cm³/mol. The number of unbranched alkanes of at least 4 members (excludes halogenated alkanes) is 3. The van der Waals surface area contributed by atoms with Crippen LogP contribution < -0.4 is 4.90 Å². The van der Waals surface area contributed by atoms with Crippen LogP contribution in [0.1, 0.15) is 49.7 Å². The van der Waals surface area contributed by atoms with Crippen molar-refractivity contribution in [2.75, 3.05) is 24.6 Å². The fraction of sp³-hybridized carbons (Fsp3) is 0.593. The maximum Gasteiger partial charge on any atom is 0.310 e. The van der Waals surface area contributed by atoms with Gasteiger partial charge in [0.05, 0.1) is 17.9 Å². The molecule has 35 heavy (non-hydrogen) atoms. The van der Waals surface area contributed by atoms with Gasteiger partial charge in [-0.25, -0.2) is 0 Å². The molecule has 2 bridgehead atoms. The quantitative estimate of drug-likeness (QED) is 0.369. The van der Waals surface area contributed by atoms with E-state index in [1.807, 2.05) is 32.0 Å². The Balaban J connectivity index is 1.72. The summed E-state index contributed by atoms with van der Waals surface area (Å²) in [6.07, 6.45) is 5.13. The van der Waals surface area contributed by atoms with E-state index in [9.17, 15) is 19.5 Å². The number of carbonyl (C=O) groups excluding carboxylic acids is 2. The van der Waals surface area contributed by atoms with Crippen molar-refractivity contribution in [2.24, 2.45) is 11.8 Å². The number of fused-ring (bicyclic) bond motifs is 1. The Hall–Kier alpha value is -2.71. The number of aliphatic hydroxyl groups is 1. The first-order valence-corrected chi connectivity index (χ1v) is 12.6. The molecule has 0 radical (unpaired) electrons. The molecule has 1 aromatic rings. The normalized spacial score (nSPS) is 28.9. The highest BCUT2D eigenvalue weighted by atomic mass is 16.5. The molecule has 3 aliphatic heterocycles. The summed E-state index contributed by atoms with van der Waals surface area (Å²) < 4.78 is 6.31. The second kappa shape index (κ2) is 10.1. The maximum atomic E-state index is 14.3. The lowest BCUT2D eigenvalue weighted by Gasteiger charge is -2.37. The number of carboxylic acid groups (broad SMARTS) is 1. The van der Waals surface area contributed by atoms with Crippen LogP contribution in [0, 0.1) is 25.7 Å². The van der Waals surface area contributed by atoms with E-state index in [0.717, 1.165) is 29.7 Å². The number of aliphatic carboxylic acids is 1. The second-order valence-electron chi connectivity index (χ2n) is 10.1. The fourth-order valence-corrected chi connectivity index (χ4v) is 6.30. The van der Waals surface area contributed by atoms with E-state index in [4.69, 9.17) is 9.84 Å². The Morgan fingerprint density at radius 3 is 2.69 bits per heavy atom. The number of ether oxygens (including phenoxy) is 1. The van der Waals surface area contributed by atoms with Crippen molar-refractivity contribution in [1.29, 1.82) is 0 Å². The molecule has 0 aromatic heterocycles. The van der Waals surface area contributed by atoms with Crippen molar-refractivity contribution < 1.29 is 29.3 Å². The summed E-state index contributed by atoms with van der Waals surface area (Å²) in [5.74, 6) is -3.37. The van der Waals surface area contributed by atoms with Gasteiger partial charge in [0.25, 0.3) is 5.91 Å². The van der Waals surface area contributed by atoms with Crippen LogP contribution in [0.3, 0.4) is 0 Å². The van der Waals surface area contributed by atoms with Gasteiger partial charge in [-0.2, -0.15) is 0 Å². The largest absolute Gasteiger partial charge is 0.481 e. The minimum Gasteiger partial charge on any atom is -0.481 e. The van der Waals surface area contributed by atoms with E-state index in [-0.39, 0.29) is 25.0 Å². The summed E-state index contributed by atoms with van der Waals surface area (Å²) in [7, 11) is 0. The van der Waals surface area contributed by atoms with Crippen LogP contribution in [0.25, 0.3) is 0 Å². The maximum absolute atomic E-state index is 14.3. The van der Waals surface area contributed by atoms with Crippen molar-refractivity contribution in [3.8, 4) is 0 Å². The molecule has 3 aliphatic rings. The molecule has 8 nitrogen and oxygen atoms in total. The van der Waals surface area contributed by atoms with Gasteiger partial charge in [-0.15, -0.1) is 6.58 Å². The average molecular weight is 485 g/mol. The third-order valence-corrected chi connectivity index (χ3v) is 7.86. The molecular formula is C27H36N2O6. The minimum atomic E-state index is -1.12. The second-order valence-corrected chi connectivity index (χ2v) is 10.1. The number of aliphatic hydroxyl groups excluding tert-OH is 1. The summed E-state index contributed by atoms with van der Waals surface area (Å²) in [6.45, 7) is 8.49. The highest BCUT2D eigenvalue weighted by molar-refractivity contribution is 6.05. The Morgan fingerprint density at radius 1 is 1.26 bits per heavy atom. The number of hydrogen-bond donors (Lipinski definition) is 2. The molecule has 1 aromatic carbocycles. The van der Waals surface area contributed by atoms with Gasteiger partial charge in [0, 0.05) is 25.4 Å². The summed E-state index contributed by atoms with van der Waals surface area (Å²) in [4.78, 5) is 43.4. The fourth-order valence-electron chi connectivity index (χ4n) is 6.30. The number of hydrogen-bond acceptors (Lipinski definition) is 5. The van der Waals surface area contributed by atoms with Crippen LogP contribution in [0.2, 0.25) is 0 Å². The lowest BCUT2D eigenvalue weighted by molar-refractivity contribution is -0.149. The molecule has 0 aliphatic carbocycles. The first kappa shape index (κ1) is 25.4. The SMILES string of the molecule is C=CCN(C(=O)[C@@H]1N(CCCCCCO)C(=O)[C@H]2[C@H](C(=O)O)[C@@H]3CC[C@]12O3)c1cc(C)ccc1C. The summed E-state index contributed by atoms with van der Waals surface area (Å²) in [6, 6.07) is 5.02. The van der Waals surface area contributed by atoms with E-state index in [0.29, 0.717) is 32.2 Å². The van der Waals surface area contributed by atoms with Gasteiger partial charge < -0.3 is 24.7 Å². The summed E-state index contributed by atoms with van der Waals surface area (Å²) in [5, 5.41) is 19.0. The Bertz CT molecular complexity index is 1010. The van der Waals surface area contributed by atoms with Gasteiger partial charge in [-0.05, 0) is 56.7 Å². The number of likely N-dealkylation sites (tertiary alicyclic amines) is 1. The van der Waals surface area contributed by atoms with Crippen LogP contribution in [0.15, 0.2) is 30.9 Å². The Kier molecular flexibility index (Phi) is 7.33. The summed E-state index contributed by atoms with van der Waals surface area (Å²) >= 11 is 0. The highest BCUT2D eigenvalue weighted by Gasteiger charge is 2.74. The molecule has 3 saturated heterocycles. The molecule has 5 atom stereocenters. The Morgan fingerprint density at radius 2 is 2.00 bits per heavy atom. The van der Waals surface area contributed by atoms with E-state index < -0.39 is 35.6 Å². The third kappa shape index (κ3) is 4.27. The van der Waals surface area contributed by atoms with Crippen LogP contribution >= 0.6 is 0 Å². The van der Waals surface area contributed by atoms with Gasteiger partial charge in [0.1, 0.15) is 11.6 Å². The number of benzene rings is 1. The molecular weight excluding hydrogens is 448 g/mol. The van der Waals surface area contributed by atoms with Gasteiger partial charge in [-0.1, -0.05) is 31.1 Å². The van der Waals surface area contributed by atoms with Gasteiger partial charge in [0.15, 0.2) is 0 Å². The molecule has 2 N–H and O–H groups in total. The number of amides is 2. The highest BCUT2D eigenvalue weighted by Crippen LogP contribution is 2.58. The smallest absolute Gasteiger partial charge is 0.310 e. The molecule has 1 spiro atoms. The molecule has 2 amide bonds. The molecule has 0 saturated carbocycles. The Labute approximate surface area is 206 Å². The van der Waals surface area contributed by atoms with Gasteiger partial charge in [-0.3, -0.25) is 14.4 Å². The van der Waals surface area contributed by atoms with E-state index in [2.05, 4.69) is 6.58 Å². The number of carboxylic acids is 1. The van der Waals surface area contributed by atoms with Crippen molar-refractivity contribution in [3.63, 3.8) is 0 Å². The van der Waals surface area contributed by atoms with Gasteiger partial charge >= 0.3 is 5.97 Å². The lowest BCUT2D eigenvalue weighted by Crippen LogP contribution is -2.56. The first-order chi connectivity index (χ1) is 16.8. The monoisotopic (exact) mass is 484 g/mol. The zero-order chi connectivity index (χ0) is 25.3. The third-order valence-electron chi connectivity index (χ3n) is 7.86. The number of rotatable bonds is 11. The molecule has 8 heteroatoms. The zero-order valence-electron chi connectivity index (χ0n) is 20.6. The van der Waals surface area contributed by atoms with Crippen molar-refractivity contribution in [1.82, 2.24) is 4.90 Å². The molecule has 4 rings (SSSR count). The summed E-state index contributed by atoms with van der Waals surface area (Å²) in [5.41, 5.74) is 1.58. The van der Waals surface area contributed by atoms with Crippen LogP contribution in [-0.4, -0.2) is 70.3 Å². The van der Waals surface area contributed by atoms with Crippen molar-refractivity contribution >= 4 is 23.5 Å². The molecule has 3 fully saturated rings. The van der Waals surface area contributed by atoms with E-state index in [1.165, 1.54) is 0 Å². The van der Waals surface area contributed by atoms with E-state index >= 15 is 0 Å². The van der Waals surface area contributed by atoms with Crippen LogP contribution in [0.4, 0.5) is 5.69 Å². The topological polar surface area (TPSA) is 107 Å². The van der Waals surface area contributed by atoms with Crippen LogP contribution in [-0.2, 0) is 19.1 Å². The number of carbonyl (C=O) groups is 3. The molecule has 190 valence electrons. The number of nitrogens with zero attached hydrogens (tertiary/aromatic N) is 2. The van der Waals surface area contributed by atoms with Crippen molar-refractivity contribution in [2.45, 2.75) is 70.1 Å². The van der Waals surface area contributed by atoms with Crippen LogP contribution in [0.5, 0.6) is 0 Å². The molecule has 3 heterocycles. The molecule has 0 unspecified atom stereocenters.